The molecule has 0 aromatic heterocycles. The summed E-state index contributed by atoms with van der Waals surface area (Å²) >= 11 is 0. The molecule has 0 bridgehead atoms. The number of carbonyl (C=O) groups is 4. The maximum Gasteiger partial charge on any atom is 0.326 e. The Kier molecular flexibility index (Phi) is 8.19. The third kappa shape index (κ3) is 7.06. The van der Waals surface area contributed by atoms with E-state index < -0.39 is 54.3 Å². The highest BCUT2D eigenvalue weighted by atomic mass is 16.4. The zero-order valence-electron chi connectivity index (χ0n) is 13.3. The van der Waals surface area contributed by atoms with Crippen LogP contribution in [0.3, 0.4) is 0 Å². The molecule has 0 aliphatic heterocycles. The van der Waals surface area contributed by atoms with Gasteiger partial charge >= 0.3 is 5.97 Å². The third-order valence-corrected chi connectivity index (χ3v) is 3.10. The minimum absolute atomic E-state index is 0.200. The molecule has 4 unspecified atom stereocenters. The van der Waals surface area contributed by atoms with E-state index in [0.29, 0.717) is 0 Å². The Balaban J connectivity index is 5.01. The molecular weight excluding hydrogens is 308 g/mol. The van der Waals surface area contributed by atoms with Crippen LogP contribution < -0.4 is 22.1 Å². The molecule has 8 N–H and O–H groups in total. The summed E-state index contributed by atoms with van der Waals surface area (Å²) in [5.41, 5.74) is 10.6. The number of primary amides is 1. The summed E-state index contributed by atoms with van der Waals surface area (Å²) in [4.78, 5) is 45.8. The van der Waals surface area contributed by atoms with E-state index in [9.17, 15) is 24.3 Å². The molecule has 4 atom stereocenters. The molecule has 0 aromatic rings. The molecule has 0 aliphatic rings. The van der Waals surface area contributed by atoms with Gasteiger partial charge in [0.25, 0.3) is 0 Å². The van der Waals surface area contributed by atoms with Crippen molar-refractivity contribution in [3.63, 3.8) is 0 Å². The van der Waals surface area contributed by atoms with Crippen molar-refractivity contribution in [2.24, 2.45) is 17.4 Å². The molecule has 0 saturated carbocycles. The Morgan fingerprint density at radius 3 is 1.91 bits per heavy atom. The number of nitrogens with one attached hydrogen (secondary N) is 2. The highest BCUT2D eigenvalue weighted by Crippen LogP contribution is 2.02. The predicted octanol–water partition coefficient (Wildman–Crippen LogP) is -2.72. The normalized spacial score (nSPS) is 16.1. The number of amides is 3. The van der Waals surface area contributed by atoms with Crippen molar-refractivity contribution in [1.29, 1.82) is 0 Å². The first-order chi connectivity index (χ1) is 10.5. The average molecular weight is 332 g/mol. The number of carboxylic acids is 1. The first-order valence-corrected chi connectivity index (χ1v) is 7.02. The van der Waals surface area contributed by atoms with Crippen molar-refractivity contribution < 1.29 is 29.4 Å². The van der Waals surface area contributed by atoms with Gasteiger partial charge in [0.1, 0.15) is 12.1 Å². The van der Waals surface area contributed by atoms with E-state index in [4.69, 9.17) is 16.6 Å². The molecule has 0 aliphatic carbocycles. The van der Waals surface area contributed by atoms with Gasteiger partial charge in [0.05, 0.1) is 18.6 Å². The van der Waals surface area contributed by atoms with Gasteiger partial charge in [-0.05, 0) is 12.8 Å². The van der Waals surface area contributed by atoms with Gasteiger partial charge in [0.15, 0.2) is 0 Å². The van der Waals surface area contributed by atoms with E-state index in [1.807, 2.05) is 5.32 Å². The lowest BCUT2D eigenvalue weighted by Gasteiger charge is -2.25. The molecule has 0 saturated heterocycles. The van der Waals surface area contributed by atoms with Crippen LogP contribution in [0.2, 0.25) is 0 Å². The Morgan fingerprint density at radius 2 is 1.57 bits per heavy atom. The second kappa shape index (κ2) is 9.06. The highest BCUT2D eigenvalue weighted by Gasteiger charge is 2.31. The Morgan fingerprint density at radius 1 is 1.04 bits per heavy atom. The van der Waals surface area contributed by atoms with Crippen LogP contribution in [0, 0.1) is 5.92 Å². The molecule has 0 aromatic carbocycles. The van der Waals surface area contributed by atoms with E-state index >= 15 is 0 Å². The van der Waals surface area contributed by atoms with Gasteiger partial charge in [0, 0.05) is 0 Å². The van der Waals surface area contributed by atoms with Gasteiger partial charge in [-0.3, -0.25) is 14.4 Å². The molecule has 0 rings (SSSR count). The summed E-state index contributed by atoms with van der Waals surface area (Å²) in [6, 6.07) is -3.87. The zero-order chi connectivity index (χ0) is 18.3. The van der Waals surface area contributed by atoms with Crippen LogP contribution in [0.4, 0.5) is 0 Å². The van der Waals surface area contributed by atoms with Crippen LogP contribution in [-0.4, -0.2) is 58.1 Å². The fourth-order valence-corrected chi connectivity index (χ4v) is 1.62. The monoisotopic (exact) mass is 332 g/mol. The molecule has 0 heterocycles. The molecule has 0 fully saturated rings. The van der Waals surface area contributed by atoms with Gasteiger partial charge in [-0.15, -0.1) is 0 Å². The first kappa shape index (κ1) is 20.8. The summed E-state index contributed by atoms with van der Waals surface area (Å²) in [5.74, 6) is -4.21. The molecule has 10 heteroatoms. The van der Waals surface area contributed by atoms with Crippen molar-refractivity contribution in [2.75, 3.05) is 0 Å². The molecule has 23 heavy (non-hydrogen) atoms. The van der Waals surface area contributed by atoms with Gasteiger partial charge in [-0.1, -0.05) is 13.8 Å². The van der Waals surface area contributed by atoms with Crippen LogP contribution in [0.5, 0.6) is 0 Å². The quantitative estimate of drug-likeness (QED) is 0.265. The van der Waals surface area contributed by atoms with Gasteiger partial charge < -0.3 is 32.3 Å². The van der Waals surface area contributed by atoms with E-state index in [1.165, 1.54) is 6.92 Å². The number of aliphatic hydroxyl groups excluding tert-OH is 1. The van der Waals surface area contributed by atoms with Gasteiger partial charge in [-0.25, -0.2) is 4.79 Å². The maximum absolute atomic E-state index is 12.1. The number of hydrogen-bond acceptors (Lipinski definition) is 6. The Hall–Kier alpha value is -2.20. The zero-order valence-corrected chi connectivity index (χ0v) is 13.3. The average Bonchev–Trinajstić information content (AvgIpc) is 2.41. The van der Waals surface area contributed by atoms with Gasteiger partial charge in [0.2, 0.25) is 17.7 Å². The van der Waals surface area contributed by atoms with Crippen molar-refractivity contribution in [3.05, 3.63) is 0 Å². The van der Waals surface area contributed by atoms with Crippen LogP contribution in [0.1, 0.15) is 27.2 Å². The first-order valence-electron chi connectivity index (χ1n) is 7.02. The molecule has 132 valence electrons. The number of hydrogen-bond donors (Lipinski definition) is 6. The summed E-state index contributed by atoms with van der Waals surface area (Å²) in [6.45, 7) is 4.65. The number of carbonyl (C=O) groups excluding carboxylic acids is 3. The third-order valence-electron chi connectivity index (χ3n) is 3.10. The second-order valence-electron chi connectivity index (χ2n) is 5.57. The topological polar surface area (TPSA) is 185 Å². The van der Waals surface area contributed by atoms with E-state index in [1.54, 1.807) is 13.8 Å². The van der Waals surface area contributed by atoms with Crippen molar-refractivity contribution in [3.8, 4) is 0 Å². The standard InChI is InChI=1S/C13H24N4O6/c1-5(2)9(15)11(20)17-10(6(3)18)12(21)16-7(13(22)23)4-8(14)19/h5-7,9-10,18H,4,15H2,1-3H3,(H2,14,19)(H,16,21)(H,17,20)(H,22,23). The van der Waals surface area contributed by atoms with Crippen LogP contribution in [0.25, 0.3) is 0 Å². The number of aliphatic carboxylic acids is 1. The molecule has 3 amide bonds. The minimum atomic E-state index is -1.56. The van der Waals surface area contributed by atoms with Crippen molar-refractivity contribution >= 4 is 23.7 Å². The highest BCUT2D eigenvalue weighted by molar-refractivity contribution is 5.93. The number of rotatable bonds is 9. The lowest BCUT2D eigenvalue weighted by atomic mass is 10.0. The maximum atomic E-state index is 12.1. The van der Waals surface area contributed by atoms with E-state index in [0.717, 1.165) is 0 Å². The molecule has 0 radical (unpaired) electrons. The second-order valence-corrected chi connectivity index (χ2v) is 5.57. The summed E-state index contributed by atoms with van der Waals surface area (Å²) in [6.07, 6.45) is -1.92. The van der Waals surface area contributed by atoms with E-state index in [2.05, 4.69) is 5.32 Å². The fourth-order valence-electron chi connectivity index (χ4n) is 1.62. The van der Waals surface area contributed by atoms with Gasteiger partial charge in [-0.2, -0.15) is 0 Å². The van der Waals surface area contributed by atoms with Crippen LogP contribution in [-0.2, 0) is 19.2 Å². The number of carboxylic acid groups (broad SMARTS) is 1. The summed E-state index contributed by atoms with van der Waals surface area (Å²) < 4.78 is 0. The van der Waals surface area contributed by atoms with Crippen molar-refractivity contribution in [1.82, 2.24) is 10.6 Å². The largest absolute Gasteiger partial charge is 0.480 e. The van der Waals surface area contributed by atoms with Crippen LogP contribution >= 0.6 is 0 Å². The molecule has 10 nitrogen and oxygen atoms in total. The van der Waals surface area contributed by atoms with E-state index in [-0.39, 0.29) is 5.92 Å². The van der Waals surface area contributed by atoms with Crippen LogP contribution in [0.15, 0.2) is 0 Å². The summed E-state index contributed by atoms with van der Waals surface area (Å²) in [5, 5.41) is 22.9. The number of nitrogens with two attached hydrogens (primary N) is 2. The van der Waals surface area contributed by atoms with Crippen molar-refractivity contribution in [2.45, 2.75) is 51.4 Å². The molecule has 0 spiro atoms. The predicted molar refractivity (Wildman–Crippen MR) is 79.8 cm³/mol. The minimum Gasteiger partial charge on any atom is -0.480 e. The fraction of sp³-hybridized carbons (Fsp3) is 0.692. The Labute approximate surface area is 133 Å². The molecular formula is C13H24N4O6. The lowest BCUT2D eigenvalue weighted by Crippen LogP contribution is -2.59. The lowest BCUT2D eigenvalue weighted by molar-refractivity contribution is -0.144. The summed E-state index contributed by atoms with van der Waals surface area (Å²) in [7, 11) is 0. The smallest absolute Gasteiger partial charge is 0.326 e. The number of aliphatic hydroxyl groups is 1. The SMILES string of the molecule is CC(C)C(N)C(=O)NC(C(=O)NC(CC(N)=O)C(=O)O)C(C)O. The Bertz CT molecular complexity index is 465.